The van der Waals surface area contributed by atoms with Crippen LogP contribution in [-0.4, -0.2) is 31.2 Å². The van der Waals surface area contributed by atoms with Gasteiger partial charge in [-0.2, -0.15) is 0 Å². The summed E-state index contributed by atoms with van der Waals surface area (Å²) in [6.07, 6.45) is 3.54. The zero-order valence-electron chi connectivity index (χ0n) is 9.17. The molecule has 2 aromatic heterocycles. The third-order valence-electron chi connectivity index (χ3n) is 2.66. The molecule has 0 unspecified atom stereocenters. The molecule has 86 valence electrons. The molecule has 17 heavy (non-hydrogen) atoms. The number of rotatable bonds is 3. The minimum absolute atomic E-state index is 0.0869. The summed E-state index contributed by atoms with van der Waals surface area (Å²) in [6.45, 7) is 0.607. The Balaban J connectivity index is 2.10. The van der Waals surface area contributed by atoms with Crippen molar-refractivity contribution in [2.24, 2.45) is 0 Å². The van der Waals surface area contributed by atoms with Crippen LogP contribution in [0.2, 0.25) is 0 Å². The highest BCUT2D eigenvalue weighted by Crippen LogP contribution is 2.18. The second kappa shape index (κ2) is 4.03. The Hall–Kier alpha value is -2.14. The van der Waals surface area contributed by atoms with E-state index in [1.165, 1.54) is 0 Å². The maximum Gasteiger partial charge on any atom is 0.176 e. The van der Waals surface area contributed by atoms with E-state index < -0.39 is 0 Å². The SMILES string of the molecule is OCCn1ccnc1-c1nc2ccccc2[nH]1. The second-order valence-corrected chi connectivity index (χ2v) is 3.77. The molecular weight excluding hydrogens is 216 g/mol. The van der Waals surface area contributed by atoms with Crippen LogP contribution in [0.5, 0.6) is 0 Å². The minimum atomic E-state index is 0.0869. The summed E-state index contributed by atoms with van der Waals surface area (Å²) in [7, 11) is 0. The van der Waals surface area contributed by atoms with Gasteiger partial charge in [-0.3, -0.25) is 0 Å². The summed E-state index contributed by atoms with van der Waals surface area (Å²) in [5, 5.41) is 8.97. The minimum Gasteiger partial charge on any atom is -0.395 e. The summed E-state index contributed by atoms with van der Waals surface area (Å²) in [5.74, 6) is 1.47. The number of hydrogen-bond acceptors (Lipinski definition) is 3. The lowest BCUT2D eigenvalue weighted by atomic mass is 10.3. The van der Waals surface area contributed by atoms with Crippen molar-refractivity contribution in [3.8, 4) is 11.6 Å². The molecule has 5 nitrogen and oxygen atoms in total. The van der Waals surface area contributed by atoms with E-state index in [0.717, 1.165) is 22.7 Å². The van der Waals surface area contributed by atoms with Crippen molar-refractivity contribution < 1.29 is 5.11 Å². The number of fused-ring (bicyclic) bond motifs is 1. The fraction of sp³-hybridized carbons (Fsp3) is 0.167. The quantitative estimate of drug-likeness (QED) is 0.712. The molecule has 0 bridgehead atoms. The number of para-hydroxylation sites is 2. The zero-order chi connectivity index (χ0) is 11.7. The molecule has 0 atom stereocenters. The van der Waals surface area contributed by atoms with E-state index in [4.69, 9.17) is 5.11 Å². The van der Waals surface area contributed by atoms with Gasteiger partial charge in [-0.25, -0.2) is 9.97 Å². The molecule has 0 aliphatic carbocycles. The molecular formula is C12H12N4O. The van der Waals surface area contributed by atoms with E-state index in [9.17, 15) is 0 Å². The van der Waals surface area contributed by atoms with E-state index in [1.54, 1.807) is 6.20 Å². The van der Waals surface area contributed by atoms with Crippen molar-refractivity contribution >= 4 is 11.0 Å². The highest BCUT2D eigenvalue weighted by molar-refractivity contribution is 5.78. The van der Waals surface area contributed by atoms with E-state index in [1.807, 2.05) is 35.0 Å². The first-order chi connectivity index (χ1) is 8.38. The Bertz CT molecular complexity index is 608. The zero-order valence-corrected chi connectivity index (χ0v) is 9.17. The lowest BCUT2D eigenvalue weighted by Gasteiger charge is -2.02. The third-order valence-corrected chi connectivity index (χ3v) is 2.66. The van der Waals surface area contributed by atoms with Crippen molar-refractivity contribution in [1.82, 2.24) is 19.5 Å². The summed E-state index contributed by atoms with van der Waals surface area (Å²) >= 11 is 0. The highest BCUT2D eigenvalue weighted by atomic mass is 16.3. The molecule has 5 heteroatoms. The van der Waals surface area contributed by atoms with Gasteiger partial charge in [-0.1, -0.05) is 12.1 Å². The van der Waals surface area contributed by atoms with Gasteiger partial charge in [-0.05, 0) is 12.1 Å². The molecule has 2 N–H and O–H groups in total. The molecule has 0 saturated carbocycles. The van der Waals surface area contributed by atoms with E-state index >= 15 is 0 Å². The number of hydrogen-bond donors (Lipinski definition) is 2. The van der Waals surface area contributed by atoms with E-state index in [2.05, 4.69) is 15.0 Å². The molecule has 0 amide bonds. The molecule has 1 aromatic carbocycles. The maximum atomic E-state index is 8.97. The van der Waals surface area contributed by atoms with Crippen LogP contribution >= 0.6 is 0 Å². The topological polar surface area (TPSA) is 66.7 Å². The van der Waals surface area contributed by atoms with Crippen LogP contribution < -0.4 is 0 Å². The van der Waals surface area contributed by atoms with Crippen LogP contribution in [-0.2, 0) is 6.54 Å². The largest absolute Gasteiger partial charge is 0.395 e. The standard InChI is InChI=1S/C12H12N4O/c17-8-7-16-6-5-13-12(16)11-14-9-3-1-2-4-10(9)15-11/h1-6,17H,7-8H2,(H,14,15). The first kappa shape index (κ1) is 10.0. The molecule has 3 rings (SSSR count). The Morgan fingerprint density at radius 1 is 1.29 bits per heavy atom. The molecule has 0 aliphatic heterocycles. The van der Waals surface area contributed by atoms with Crippen molar-refractivity contribution in [2.75, 3.05) is 6.61 Å². The first-order valence-corrected chi connectivity index (χ1v) is 5.45. The molecule has 0 spiro atoms. The molecule has 0 radical (unpaired) electrons. The van der Waals surface area contributed by atoms with Crippen molar-refractivity contribution in [3.05, 3.63) is 36.7 Å². The third kappa shape index (κ3) is 1.70. The number of aromatic nitrogens is 4. The Kier molecular flexibility index (Phi) is 2.38. The van der Waals surface area contributed by atoms with Gasteiger partial charge in [0.1, 0.15) is 0 Å². The van der Waals surface area contributed by atoms with Gasteiger partial charge >= 0.3 is 0 Å². The number of nitrogens with one attached hydrogen (secondary N) is 1. The summed E-state index contributed by atoms with van der Waals surface area (Å²) < 4.78 is 1.87. The number of aliphatic hydroxyl groups is 1. The van der Waals surface area contributed by atoms with Gasteiger partial charge < -0.3 is 14.7 Å². The number of benzene rings is 1. The van der Waals surface area contributed by atoms with Gasteiger partial charge in [0.2, 0.25) is 0 Å². The summed E-state index contributed by atoms with van der Waals surface area (Å²) in [5.41, 5.74) is 1.90. The molecule has 3 aromatic rings. The Morgan fingerprint density at radius 3 is 3.00 bits per heavy atom. The smallest absolute Gasteiger partial charge is 0.176 e. The van der Waals surface area contributed by atoms with Crippen molar-refractivity contribution in [2.45, 2.75) is 6.54 Å². The number of aromatic amines is 1. The Morgan fingerprint density at radius 2 is 2.18 bits per heavy atom. The van der Waals surface area contributed by atoms with Crippen LogP contribution in [0.3, 0.4) is 0 Å². The fourth-order valence-electron chi connectivity index (χ4n) is 1.87. The van der Waals surface area contributed by atoms with E-state index in [-0.39, 0.29) is 6.61 Å². The normalized spacial score (nSPS) is 11.1. The molecule has 0 aliphatic rings. The van der Waals surface area contributed by atoms with Gasteiger partial charge in [0, 0.05) is 18.9 Å². The average Bonchev–Trinajstić information content (AvgIpc) is 2.94. The Labute approximate surface area is 97.8 Å². The van der Waals surface area contributed by atoms with E-state index in [0.29, 0.717) is 6.54 Å². The first-order valence-electron chi connectivity index (χ1n) is 5.45. The van der Waals surface area contributed by atoms with Crippen molar-refractivity contribution in [1.29, 1.82) is 0 Å². The molecule has 0 fully saturated rings. The number of aliphatic hydroxyl groups excluding tert-OH is 1. The van der Waals surface area contributed by atoms with Gasteiger partial charge in [0.05, 0.1) is 17.6 Å². The summed E-state index contributed by atoms with van der Waals surface area (Å²) in [4.78, 5) is 12.0. The predicted molar refractivity (Wildman–Crippen MR) is 64.4 cm³/mol. The van der Waals surface area contributed by atoms with Crippen LogP contribution in [0, 0.1) is 0 Å². The number of H-pyrrole nitrogens is 1. The van der Waals surface area contributed by atoms with Gasteiger partial charge in [0.15, 0.2) is 11.6 Å². The number of nitrogens with zero attached hydrogens (tertiary/aromatic N) is 3. The van der Waals surface area contributed by atoms with Gasteiger partial charge in [-0.15, -0.1) is 0 Å². The number of imidazole rings is 2. The monoisotopic (exact) mass is 228 g/mol. The second-order valence-electron chi connectivity index (χ2n) is 3.77. The van der Waals surface area contributed by atoms with Crippen LogP contribution in [0.15, 0.2) is 36.7 Å². The lowest BCUT2D eigenvalue weighted by molar-refractivity contribution is 0.276. The maximum absolute atomic E-state index is 8.97. The fourth-order valence-corrected chi connectivity index (χ4v) is 1.87. The molecule has 0 saturated heterocycles. The predicted octanol–water partition coefficient (Wildman–Crippen LogP) is 1.42. The highest BCUT2D eigenvalue weighted by Gasteiger charge is 2.10. The lowest BCUT2D eigenvalue weighted by Crippen LogP contribution is -2.03. The van der Waals surface area contributed by atoms with Crippen LogP contribution in [0.25, 0.3) is 22.7 Å². The van der Waals surface area contributed by atoms with Crippen LogP contribution in [0.4, 0.5) is 0 Å². The van der Waals surface area contributed by atoms with Crippen molar-refractivity contribution in [3.63, 3.8) is 0 Å². The van der Waals surface area contributed by atoms with Gasteiger partial charge in [0.25, 0.3) is 0 Å². The molecule has 2 heterocycles. The summed E-state index contributed by atoms with van der Waals surface area (Å²) in [6, 6.07) is 7.84. The average molecular weight is 228 g/mol. The van der Waals surface area contributed by atoms with Crippen LogP contribution in [0.1, 0.15) is 0 Å².